The summed E-state index contributed by atoms with van der Waals surface area (Å²) in [6.45, 7) is 5.66. The van der Waals surface area contributed by atoms with Gasteiger partial charge in [0.1, 0.15) is 5.75 Å². The normalized spacial score (nSPS) is 14.8. The number of methoxy groups -OCH3 is 1. The lowest BCUT2D eigenvalue weighted by molar-refractivity contribution is -0.130. The zero-order valence-corrected chi connectivity index (χ0v) is 14.2. The summed E-state index contributed by atoms with van der Waals surface area (Å²) < 4.78 is 5.24. The number of amides is 2. The minimum Gasteiger partial charge on any atom is -0.497 e. The smallest absolute Gasteiger partial charge is 0.255 e. The summed E-state index contributed by atoms with van der Waals surface area (Å²) in [5, 5.41) is 0.880. The lowest BCUT2D eigenvalue weighted by Gasteiger charge is -2.34. The van der Waals surface area contributed by atoms with E-state index in [-0.39, 0.29) is 11.8 Å². The molecule has 2 amide bonds. The van der Waals surface area contributed by atoms with Gasteiger partial charge in [0.2, 0.25) is 5.91 Å². The van der Waals surface area contributed by atoms with Gasteiger partial charge < -0.3 is 14.5 Å². The largest absolute Gasteiger partial charge is 0.497 e. The van der Waals surface area contributed by atoms with Crippen LogP contribution in [0.4, 0.5) is 0 Å². The monoisotopic (exact) mass is 327 g/mol. The molecule has 1 aliphatic heterocycles. The molecule has 0 atom stereocenters. The molecule has 1 saturated heterocycles. The van der Waals surface area contributed by atoms with Crippen molar-refractivity contribution in [3.05, 3.63) is 35.5 Å². The summed E-state index contributed by atoms with van der Waals surface area (Å²) in [4.78, 5) is 32.3. The summed E-state index contributed by atoms with van der Waals surface area (Å²) in [7, 11) is 1.61. The Kier molecular flexibility index (Phi) is 4.38. The van der Waals surface area contributed by atoms with Gasteiger partial charge in [-0.1, -0.05) is 0 Å². The van der Waals surface area contributed by atoms with E-state index in [4.69, 9.17) is 4.74 Å². The van der Waals surface area contributed by atoms with Crippen molar-refractivity contribution in [2.75, 3.05) is 33.3 Å². The molecular weight excluding hydrogens is 306 g/mol. The molecule has 24 heavy (non-hydrogen) atoms. The number of carbonyl (C=O) groups is 2. The summed E-state index contributed by atoms with van der Waals surface area (Å²) in [6, 6.07) is 7.50. The lowest BCUT2D eigenvalue weighted by atomic mass is 10.1. The van der Waals surface area contributed by atoms with Crippen LogP contribution in [0.3, 0.4) is 0 Å². The van der Waals surface area contributed by atoms with E-state index in [2.05, 4.69) is 4.98 Å². The van der Waals surface area contributed by atoms with Crippen LogP contribution in [0.25, 0.3) is 10.9 Å². The SMILES string of the molecule is COc1ccc2nc(C)c(C(=O)N3CCN(C(C)=O)CC3)cc2c1. The first-order valence-electron chi connectivity index (χ1n) is 8.00. The Balaban J connectivity index is 1.87. The van der Waals surface area contributed by atoms with Crippen LogP contribution in [0, 0.1) is 6.92 Å². The van der Waals surface area contributed by atoms with Crippen LogP contribution in [0.1, 0.15) is 23.0 Å². The van der Waals surface area contributed by atoms with Gasteiger partial charge in [-0.3, -0.25) is 14.6 Å². The highest BCUT2D eigenvalue weighted by Gasteiger charge is 2.24. The molecule has 2 aromatic rings. The molecule has 6 heteroatoms. The van der Waals surface area contributed by atoms with Crippen molar-refractivity contribution < 1.29 is 14.3 Å². The molecule has 0 unspecified atom stereocenters. The molecule has 3 rings (SSSR count). The molecule has 6 nitrogen and oxygen atoms in total. The summed E-state index contributed by atoms with van der Waals surface area (Å²) in [5.74, 6) is 0.757. The molecule has 0 aliphatic carbocycles. The molecule has 0 bridgehead atoms. The number of aryl methyl sites for hydroxylation is 1. The van der Waals surface area contributed by atoms with E-state index < -0.39 is 0 Å². The number of carbonyl (C=O) groups excluding carboxylic acids is 2. The van der Waals surface area contributed by atoms with Crippen LogP contribution in [0.5, 0.6) is 5.75 Å². The van der Waals surface area contributed by atoms with Gasteiger partial charge in [-0.05, 0) is 31.2 Å². The number of hydrogen-bond acceptors (Lipinski definition) is 4. The molecule has 1 aromatic heterocycles. The Morgan fingerprint density at radius 1 is 1.08 bits per heavy atom. The molecule has 1 aromatic carbocycles. The number of fused-ring (bicyclic) bond motifs is 1. The fourth-order valence-corrected chi connectivity index (χ4v) is 2.99. The predicted molar refractivity (Wildman–Crippen MR) is 91.2 cm³/mol. The highest BCUT2D eigenvalue weighted by molar-refractivity contribution is 5.99. The van der Waals surface area contributed by atoms with Gasteiger partial charge in [-0.25, -0.2) is 0 Å². The van der Waals surface area contributed by atoms with Crippen molar-refractivity contribution in [2.24, 2.45) is 0 Å². The van der Waals surface area contributed by atoms with Crippen LogP contribution in [-0.2, 0) is 4.79 Å². The first kappa shape index (κ1) is 16.2. The van der Waals surface area contributed by atoms with Crippen LogP contribution >= 0.6 is 0 Å². The maximum absolute atomic E-state index is 12.8. The van der Waals surface area contributed by atoms with Gasteiger partial charge in [-0.15, -0.1) is 0 Å². The van der Waals surface area contributed by atoms with Gasteiger partial charge in [0.25, 0.3) is 5.91 Å². The minimum atomic E-state index is -0.0343. The molecule has 1 fully saturated rings. The average Bonchev–Trinajstić information content (AvgIpc) is 2.60. The number of aromatic nitrogens is 1. The van der Waals surface area contributed by atoms with Gasteiger partial charge >= 0.3 is 0 Å². The number of ether oxygens (including phenoxy) is 1. The van der Waals surface area contributed by atoms with Gasteiger partial charge in [0.05, 0.1) is 23.9 Å². The van der Waals surface area contributed by atoms with Gasteiger partial charge in [0.15, 0.2) is 0 Å². The fraction of sp³-hybridized carbons (Fsp3) is 0.389. The molecular formula is C18H21N3O3. The third-order valence-corrected chi connectivity index (χ3v) is 4.46. The second kappa shape index (κ2) is 6.47. The standard InChI is InChI=1S/C18H21N3O3/c1-12-16(11-14-10-15(24-3)4-5-17(14)19-12)18(23)21-8-6-20(7-9-21)13(2)22/h4-5,10-11H,6-9H2,1-3H3. The van der Waals surface area contributed by atoms with Crippen molar-refractivity contribution in [3.8, 4) is 5.75 Å². The Labute approximate surface area is 141 Å². The number of hydrogen-bond donors (Lipinski definition) is 0. The Hall–Kier alpha value is -2.63. The summed E-state index contributed by atoms with van der Waals surface area (Å²) in [6.07, 6.45) is 0. The minimum absolute atomic E-state index is 0.0343. The van der Waals surface area contributed by atoms with Crippen molar-refractivity contribution in [1.29, 1.82) is 0 Å². The fourth-order valence-electron chi connectivity index (χ4n) is 2.99. The molecule has 0 N–H and O–H groups in total. The van der Waals surface area contributed by atoms with Crippen LogP contribution in [0.2, 0.25) is 0 Å². The number of rotatable bonds is 2. The van der Waals surface area contributed by atoms with E-state index >= 15 is 0 Å². The number of nitrogens with zero attached hydrogens (tertiary/aromatic N) is 3. The Morgan fingerprint density at radius 2 is 1.75 bits per heavy atom. The van der Waals surface area contributed by atoms with Crippen LogP contribution in [-0.4, -0.2) is 59.9 Å². The van der Waals surface area contributed by atoms with E-state index in [9.17, 15) is 9.59 Å². The Bertz CT molecular complexity index is 795. The summed E-state index contributed by atoms with van der Waals surface area (Å²) >= 11 is 0. The first-order chi connectivity index (χ1) is 11.5. The maximum Gasteiger partial charge on any atom is 0.255 e. The molecule has 2 heterocycles. The van der Waals surface area contributed by atoms with Crippen molar-refractivity contribution in [3.63, 3.8) is 0 Å². The topological polar surface area (TPSA) is 62.7 Å². The van der Waals surface area contributed by atoms with Crippen LogP contribution in [0.15, 0.2) is 24.3 Å². The third-order valence-electron chi connectivity index (χ3n) is 4.46. The molecule has 0 spiro atoms. The van der Waals surface area contributed by atoms with Crippen molar-refractivity contribution in [2.45, 2.75) is 13.8 Å². The van der Waals surface area contributed by atoms with Crippen LogP contribution < -0.4 is 4.74 Å². The molecule has 1 aliphatic rings. The number of pyridine rings is 1. The average molecular weight is 327 g/mol. The van der Waals surface area contributed by atoms with E-state index in [1.807, 2.05) is 31.2 Å². The maximum atomic E-state index is 12.8. The van der Waals surface area contributed by atoms with E-state index in [0.717, 1.165) is 16.7 Å². The highest BCUT2D eigenvalue weighted by Crippen LogP contribution is 2.23. The van der Waals surface area contributed by atoms with E-state index in [1.165, 1.54) is 0 Å². The van der Waals surface area contributed by atoms with E-state index in [1.54, 1.807) is 23.8 Å². The molecule has 0 saturated carbocycles. The zero-order chi connectivity index (χ0) is 17.3. The molecule has 0 radical (unpaired) electrons. The van der Waals surface area contributed by atoms with Crippen molar-refractivity contribution in [1.82, 2.24) is 14.8 Å². The molecule has 126 valence electrons. The zero-order valence-electron chi connectivity index (χ0n) is 14.2. The predicted octanol–water partition coefficient (Wildman–Crippen LogP) is 1.86. The highest BCUT2D eigenvalue weighted by atomic mass is 16.5. The first-order valence-corrected chi connectivity index (χ1v) is 8.00. The van der Waals surface area contributed by atoms with E-state index in [0.29, 0.717) is 37.4 Å². The van der Waals surface area contributed by atoms with Crippen molar-refractivity contribution >= 4 is 22.7 Å². The quantitative estimate of drug-likeness (QED) is 0.844. The second-order valence-electron chi connectivity index (χ2n) is 5.98. The number of benzene rings is 1. The lowest BCUT2D eigenvalue weighted by Crippen LogP contribution is -2.50. The Morgan fingerprint density at radius 3 is 2.38 bits per heavy atom. The summed E-state index contributed by atoms with van der Waals surface area (Å²) in [5.41, 5.74) is 2.16. The third kappa shape index (κ3) is 3.04. The van der Waals surface area contributed by atoms with Gasteiger partial charge in [0, 0.05) is 38.5 Å². The number of piperazine rings is 1. The van der Waals surface area contributed by atoms with Gasteiger partial charge in [-0.2, -0.15) is 0 Å². The second-order valence-corrected chi connectivity index (χ2v) is 5.98.